The summed E-state index contributed by atoms with van der Waals surface area (Å²) in [6.07, 6.45) is 0.962. The van der Waals surface area contributed by atoms with E-state index in [9.17, 15) is 13.2 Å². The molecule has 1 amide bonds. The van der Waals surface area contributed by atoms with E-state index in [1.54, 1.807) is 29.2 Å². The van der Waals surface area contributed by atoms with Crippen molar-refractivity contribution in [3.8, 4) is 6.07 Å². The van der Waals surface area contributed by atoms with Gasteiger partial charge in [0.2, 0.25) is 15.9 Å². The lowest BCUT2D eigenvalue weighted by Gasteiger charge is -2.34. The van der Waals surface area contributed by atoms with Gasteiger partial charge in [0.05, 0.1) is 16.5 Å². The smallest absolute Gasteiger partial charge is 0.243 e. The maximum absolute atomic E-state index is 13.1. The summed E-state index contributed by atoms with van der Waals surface area (Å²) in [5.41, 5.74) is 1.60. The van der Waals surface area contributed by atoms with Gasteiger partial charge < -0.3 is 4.90 Å². The molecule has 158 valence electrons. The molecular weight excluding hydrogens is 410 g/mol. The average Bonchev–Trinajstić information content (AvgIpc) is 2.82. The first-order chi connectivity index (χ1) is 15.0. The van der Waals surface area contributed by atoms with Gasteiger partial charge in [0.25, 0.3) is 0 Å². The van der Waals surface area contributed by atoms with Gasteiger partial charge in [0.1, 0.15) is 0 Å². The first kappa shape index (κ1) is 21.0. The van der Waals surface area contributed by atoms with E-state index < -0.39 is 10.0 Å². The summed E-state index contributed by atoms with van der Waals surface area (Å²) in [5.74, 6) is 0.0205. The van der Waals surface area contributed by atoms with Crippen LogP contribution in [0.2, 0.25) is 0 Å². The number of carbonyl (C=O) groups excluding carboxylic acids is 1. The Morgan fingerprint density at radius 1 is 0.903 bits per heavy atom. The largest absolute Gasteiger partial charge is 0.340 e. The molecule has 0 aromatic heterocycles. The number of hydrogen-bond donors (Lipinski definition) is 0. The molecule has 3 aromatic rings. The van der Waals surface area contributed by atoms with Crippen LogP contribution in [-0.2, 0) is 21.2 Å². The summed E-state index contributed by atoms with van der Waals surface area (Å²) in [7, 11) is -3.60. The number of sulfonamides is 1. The summed E-state index contributed by atoms with van der Waals surface area (Å²) in [6.45, 7) is 1.35. The van der Waals surface area contributed by atoms with Gasteiger partial charge >= 0.3 is 0 Å². The Morgan fingerprint density at radius 2 is 1.58 bits per heavy atom. The maximum Gasteiger partial charge on any atom is 0.243 e. The molecule has 1 heterocycles. The highest BCUT2D eigenvalue weighted by molar-refractivity contribution is 7.89. The van der Waals surface area contributed by atoms with Crippen molar-refractivity contribution in [3.05, 3.63) is 77.9 Å². The lowest BCUT2D eigenvalue weighted by atomic mass is 10.1. The zero-order chi connectivity index (χ0) is 21.8. The third kappa shape index (κ3) is 4.61. The van der Waals surface area contributed by atoms with Gasteiger partial charge in [-0.25, -0.2) is 8.42 Å². The van der Waals surface area contributed by atoms with Gasteiger partial charge in [-0.15, -0.1) is 0 Å². The number of nitrogens with zero attached hydrogens (tertiary/aromatic N) is 3. The third-order valence-corrected chi connectivity index (χ3v) is 7.56. The van der Waals surface area contributed by atoms with E-state index >= 15 is 0 Å². The molecule has 31 heavy (non-hydrogen) atoms. The van der Waals surface area contributed by atoms with Crippen LogP contribution >= 0.6 is 0 Å². The molecule has 0 aliphatic carbocycles. The molecule has 0 radical (unpaired) electrons. The van der Waals surface area contributed by atoms with Crippen LogP contribution in [0.5, 0.6) is 0 Å². The van der Waals surface area contributed by atoms with Crippen molar-refractivity contribution >= 4 is 26.7 Å². The molecule has 1 aliphatic rings. The highest BCUT2D eigenvalue weighted by Gasteiger charge is 2.30. The number of rotatable bonds is 5. The summed E-state index contributed by atoms with van der Waals surface area (Å²) >= 11 is 0. The Hall–Kier alpha value is -3.21. The summed E-state index contributed by atoms with van der Waals surface area (Å²) < 4.78 is 27.6. The fraction of sp³-hybridized carbons (Fsp3) is 0.250. The van der Waals surface area contributed by atoms with E-state index in [0.29, 0.717) is 31.5 Å². The Labute approximate surface area is 182 Å². The monoisotopic (exact) mass is 433 g/mol. The van der Waals surface area contributed by atoms with Gasteiger partial charge in [-0.3, -0.25) is 4.79 Å². The molecule has 0 unspecified atom stereocenters. The van der Waals surface area contributed by atoms with E-state index in [4.69, 9.17) is 5.26 Å². The van der Waals surface area contributed by atoms with Crippen LogP contribution in [0.3, 0.4) is 0 Å². The predicted octanol–water partition coefficient (Wildman–Crippen LogP) is 3.18. The molecule has 1 aliphatic heterocycles. The quantitative estimate of drug-likeness (QED) is 0.619. The van der Waals surface area contributed by atoms with E-state index in [2.05, 4.69) is 6.07 Å². The van der Waals surface area contributed by atoms with Crippen LogP contribution in [0.25, 0.3) is 10.8 Å². The van der Waals surface area contributed by atoms with Crippen LogP contribution in [0.4, 0.5) is 0 Å². The zero-order valence-corrected chi connectivity index (χ0v) is 17.9. The van der Waals surface area contributed by atoms with Crippen LogP contribution in [0, 0.1) is 11.3 Å². The average molecular weight is 434 g/mol. The molecule has 0 spiro atoms. The van der Waals surface area contributed by atoms with Gasteiger partial charge in [-0.2, -0.15) is 9.57 Å². The number of nitriles is 1. The summed E-state index contributed by atoms with van der Waals surface area (Å²) in [5, 5.41) is 10.7. The van der Waals surface area contributed by atoms with Gasteiger partial charge in [0.15, 0.2) is 0 Å². The first-order valence-electron chi connectivity index (χ1n) is 10.2. The van der Waals surface area contributed by atoms with Gasteiger partial charge in [-0.1, -0.05) is 42.5 Å². The van der Waals surface area contributed by atoms with Crippen molar-refractivity contribution < 1.29 is 13.2 Å². The van der Waals surface area contributed by atoms with Gasteiger partial charge in [0, 0.05) is 32.6 Å². The number of carbonyl (C=O) groups is 1. The number of aryl methyl sites for hydroxylation is 1. The molecule has 0 bridgehead atoms. The van der Waals surface area contributed by atoms with Crippen LogP contribution in [0.15, 0.2) is 71.6 Å². The predicted molar refractivity (Wildman–Crippen MR) is 119 cm³/mol. The minimum Gasteiger partial charge on any atom is -0.340 e. The van der Waals surface area contributed by atoms with Crippen molar-refractivity contribution in [2.75, 3.05) is 26.2 Å². The van der Waals surface area contributed by atoms with Crippen molar-refractivity contribution in [1.82, 2.24) is 9.21 Å². The van der Waals surface area contributed by atoms with Crippen molar-refractivity contribution in [3.63, 3.8) is 0 Å². The molecule has 4 rings (SSSR count). The Kier molecular flexibility index (Phi) is 6.03. The van der Waals surface area contributed by atoms with Gasteiger partial charge in [-0.05, 0) is 47.0 Å². The zero-order valence-electron chi connectivity index (χ0n) is 17.1. The van der Waals surface area contributed by atoms with Crippen molar-refractivity contribution in [2.24, 2.45) is 0 Å². The second kappa shape index (κ2) is 8.88. The lowest BCUT2D eigenvalue weighted by molar-refractivity contribution is -0.132. The minimum absolute atomic E-state index is 0.0205. The lowest BCUT2D eigenvalue weighted by Crippen LogP contribution is -2.50. The molecule has 0 atom stereocenters. The number of fused-ring (bicyclic) bond motifs is 1. The summed E-state index contributed by atoms with van der Waals surface area (Å²) in [6, 6.07) is 22.1. The third-order valence-electron chi connectivity index (χ3n) is 5.66. The van der Waals surface area contributed by atoms with Crippen molar-refractivity contribution in [2.45, 2.75) is 17.7 Å². The Morgan fingerprint density at radius 3 is 2.26 bits per heavy atom. The van der Waals surface area contributed by atoms with Crippen LogP contribution in [-0.4, -0.2) is 49.7 Å². The van der Waals surface area contributed by atoms with E-state index in [0.717, 1.165) is 16.3 Å². The second-order valence-corrected chi connectivity index (χ2v) is 9.54. The molecule has 7 heteroatoms. The topological polar surface area (TPSA) is 81.5 Å². The molecule has 6 nitrogen and oxygen atoms in total. The number of piperazine rings is 1. The minimum atomic E-state index is -3.60. The number of amides is 1. The number of benzene rings is 3. The van der Waals surface area contributed by atoms with E-state index in [1.807, 2.05) is 42.5 Å². The van der Waals surface area contributed by atoms with E-state index in [1.165, 1.54) is 4.31 Å². The SMILES string of the molecule is N#Cc1ccc(CCC(=O)N2CCN(S(=O)(=O)c3ccc4ccccc4c3)CC2)cc1. The van der Waals surface area contributed by atoms with Crippen LogP contribution < -0.4 is 0 Å². The highest BCUT2D eigenvalue weighted by Crippen LogP contribution is 2.23. The first-order valence-corrected chi connectivity index (χ1v) is 11.7. The Bertz CT molecular complexity index is 1240. The highest BCUT2D eigenvalue weighted by atomic mass is 32.2. The molecule has 1 saturated heterocycles. The normalized spacial score (nSPS) is 15.0. The second-order valence-electron chi connectivity index (χ2n) is 7.60. The molecule has 0 saturated carbocycles. The maximum atomic E-state index is 13.1. The fourth-order valence-electron chi connectivity index (χ4n) is 3.81. The Balaban J connectivity index is 1.35. The summed E-state index contributed by atoms with van der Waals surface area (Å²) in [4.78, 5) is 14.6. The standard InChI is InChI=1S/C24H23N3O3S/c25-18-20-7-5-19(6-8-20)9-12-24(28)26-13-15-27(16-14-26)31(29,30)23-11-10-21-3-1-2-4-22(21)17-23/h1-8,10-11,17H,9,12-16H2. The van der Waals surface area contributed by atoms with E-state index in [-0.39, 0.29) is 23.9 Å². The fourth-order valence-corrected chi connectivity index (χ4v) is 5.27. The van der Waals surface area contributed by atoms with Crippen molar-refractivity contribution in [1.29, 1.82) is 5.26 Å². The molecule has 1 fully saturated rings. The molecule has 3 aromatic carbocycles. The van der Waals surface area contributed by atoms with Crippen LogP contribution in [0.1, 0.15) is 17.5 Å². The number of hydrogen-bond acceptors (Lipinski definition) is 4. The molecular formula is C24H23N3O3S. The molecule has 0 N–H and O–H groups in total.